The van der Waals surface area contributed by atoms with Crippen molar-refractivity contribution in [3.05, 3.63) is 12.2 Å². The number of aliphatic carboxylic acids is 1. The largest absolute Gasteiger partial charge is 0.545 e. The van der Waals surface area contributed by atoms with Gasteiger partial charge in [0.25, 0.3) is 0 Å². The molecule has 0 saturated carbocycles. The maximum absolute atomic E-state index is 12.7. The lowest BCUT2D eigenvalue weighted by Crippen LogP contribution is -2.44. The van der Waals surface area contributed by atoms with Crippen molar-refractivity contribution in [2.75, 3.05) is 47.5 Å². The summed E-state index contributed by atoms with van der Waals surface area (Å²) in [7, 11) is 5.92. The number of carboxylic acid groups (broad SMARTS) is 1. The van der Waals surface area contributed by atoms with E-state index >= 15 is 0 Å². The minimum atomic E-state index is -1.62. The number of quaternary nitrogens is 1. The van der Waals surface area contributed by atoms with Crippen LogP contribution in [0.1, 0.15) is 284 Å². The van der Waals surface area contributed by atoms with Crippen molar-refractivity contribution in [1.82, 2.24) is 0 Å². The van der Waals surface area contributed by atoms with Gasteiger partial charge in [-0.1, -0.05) is 251 Å². The predicted octanol–water partition coefficient (Wildman–Crippen LogP) is 15.2. The summed E-state index contributed by atoms with van der Waals surface area (Å²) < 4.78 is 22.6. The lowest BCUT2D eigenvalue weighted by atomic mass is 10.0. The summed E-state index contributed by atoms with van der Waals surface area (Å²) in [6, 6.07) is 0. The molecule has 0 aliphatic heterocycles. The number of unbranched alkanes of at least 4 members (excludes halogenated alkanes) is 37. The average molecular weight is 951 g/mol. The number of ether oxygens (including phenoxy) is 4. The molecule has 0 heterocycles. The van der Waals surface area contributed by atoms with Crippen LogP contribution in [0, 0.1) is 0 Å². The third-order valence-electron chi connectivity index (χ3n) is 13.0. The topological polar surface area (TPSA) is 111 Å². The van der Waals surface area contributed by atoms with Gasteiger partial charge in [-0.2, -0.15) is 0 Å². The molecule has 0 aromatic rings. The Morgan fingerprint density at radius 2 is 0.776 bits per heavy atom. The second-order valence-corrected chi connectivity index (χ2v) is 20.9. The Morgan fingerprint density at radius 1 is 0.433 bits per heavy atom. The van der Waals surface area contributed by atoms with Crippen LogP contribution in [0.3, 0.4) is 0 Å². The van der Waals surface area contributed by atoms with Crippen molar-refractivity contribution in [3.63, 3.8) is 0 Å². The number of carboxylic acids is 1. The van der Waals surface area contributed by atoms with Crippen molar-refractivity contribution in [2.24, 2.45) is 0 Å². The zero-order valence-corrected chi connectivity index (χ0v) is 45.0. The van der Waals surface area contributed by atoms with E-state index in [1.54, 1.807) is 0 Å². The second kappa shape index (κ2) is 50.4. The summed E-state index contributed by atoms with van der Waals surface area (Å²) >= 11 is 0. The molecule has 9 nitrogen and oxygen atoms in total. The summed E-state index contributed by atoms with van der Waals surface area (Å²) in [5.41, 5.74) is 0. The smallest absolute Gasteiger partial charge is 0.306 e. The quantitative estimate of drug-likeness (QED) is 0.0195. The van der Waals surface area contributed by atoms with E-state index in [0.29, 0.717) is 23.9 Å². The molecule has 0 aliphatic carbocycles. The number of hydrogen-bond acceptors (Lipinski definition) is 8. The van der Waals surface area contributed by atoms with Crippen LogP contribution in [0.2, 0.25) is 0 Å². The normalized spacial score (nSPS) is 12.8. The van der Waals surface area contributed by atoms with Crippen molar-refractivity contribution >= 4 is 17.9 Å². The molecule has 0 amide bonds. The van der Waals surface area contributed by atoms with Crippen LogP contribution in [0.4, 0.5) is 0 Å². The molecule has 0 saturated heterocycles. The maximum atomic E-state index is 12.7. The third kappa shape index (κ3) is 51.7. The van der Waals surface area contributed by atoms with Crippen LogP contribution in [0.25, 0.3) is 0 Å². The van der Waals surface area contributed by atoms with Gasteiger partial charge in [-0.05, 0) is 32.1 Å². The van der Waals surface area contributed by atoms with Gasteiger partial charge in [-0.25, -0.2) is 0 Å². The SMILES string of the molecule is CCCC/C=C\CCCCCCCC(=O)OC(COC(=O)CCCCCCCCCCCCCCCCCCCCCCCCCCCCCCCCC)COC(OCC[N+](C)(C)C)C(=O)[O-]. The summed E-state index contributed by atoms with van der Waals surface area (Å²) in [6.07, 6.45) is 54.4. The van der Waals surface area contributed by atoms with Gasteiger partial charge in [-0.3, -0.25) is 9.59 Å². The van der Waals surface area contributed by atoms with Gasteiger partial charge in [0.05, 0.1) is 40.3 Å². The first-order chi connectivity index (χ1) is 32.6. The molecule has 0 rings (SSSR count). The first-order valence-corrected chi connectivity index (χ1v) is 28.8. The molecule has 0 aromatic heterocycles. The molecular weight excluding hydrogens is 839 g/mol. The number of allylic oxidation sites excluding steroid dienone is 2. The monoisotopic (exact) mass is 950 g/mol. The first-order valence-electron chi connectivity index (χ1n) is 28.8. The number of carbonyl (C=O) groups is 3. The zero-order valence-electron chi connectivity index (χ0n) is 45.0. The molecule has 396 valence electrons. The molecule has 0 fully saturated rings. The number of carbonyl (C=O) groups excluding carboxylic acids is 3. The minimum absolute atomic E-state index is 0.149. The van der Waals surface area contributed by atoms with E-state index < -0.39 is 24.3 Å². The molecule has 0 bridgehead atoms. The molecule has 0 aromatic carbocycles. The number of likely N-dealkylation sites (N-methyl/N-ethyl adjacent to an activating group) is 1. The number of nitrogens with zero attached hydrogens (tertiary/aromatic N) is 1. The highest BCUT2D eigenvalue weighted by molar-refractivity contribution is 5.70. The Bertz CT molecular complexity index is 1110. The van der Waals surface area contributed by atoms with Crippen LogP contribution >= 0.6 is 0 Å². The van der Waals surface area contributed by atoms with Crippen molar-refractivity contribution in [1.29, 1.82) is 0 Å². The molecule has 0 spiro atoms. The zero-order chi connectivity index (χ0) is 49.2. The van der Waals surface area contributed by atoms with Gasteiger partial charge in [0.1, 0.15) is 13.2 Å². The molecule has 0 aliphatic rings. The Morgan fingerprint density at radius 3 is 1.15 bits per heavy atom. The van der Waals surface area contributed by atoms with E-state index in [1.807, 2.05) is 21.1 Å². The highest BCUT2D eigenvalue weighted by atomic mass is 16.7. The first kappa shape index (κ1) is 65.0. The lowest BCUT2D eigenvalue weighted by molar-refractivity contribution is -0.870. The Labute approximate surface area is 415 Å². The molecule has 2 atom stereocenters. The Hall–Kier alpha value is -1.97. The van der Waals surface area contributed by atoms with Crippen LogP contribution in [-0.2, 0) is 33.3 Å². The fourth-order valence-corrected chi connectivity index (χ4v) is 8.52. The van der Waals surface area contributed by atoms with E-state index in [1.165, 1.54) is 193 Å². The highest BCUT2D eigenvalue weighted by Gasteiger charge is 2.22. The summed E-state index contributed by atoms with van der Waals surface area (Å²) in [4.78, 5) is 37.1. The van der Waals surface area contributed by atoms with Crippen molar-refractivity contribution in [3.8, 4) is 0 Å². The number of esters is 2. The van der Waals surface area contributed by atoms with Gasteiger partial charge in [0, 0.05) is 12.8 Å². The van der Waals surface area contributed by atoms with Crippen molar-refractivity contribution in [2.45, 2.75) is 296 Å². The number of rotatable bonds is 54. The van der Waals surface area contributed by atoms with Gasteiger partial charge in [0.2, 0.25) is 0 Å². The van der Waals surface area contributed by atoms with E-state index in [2.05, 4.69) is 26.0 Å². The van der Waals surface area contributed by atoms with Crippen LogP contribution in [0.15, 0.2) is 12.2 Å². The van der Waals surface area contributed by atoms with E-state index in [-0.39, 0.29) is 32.2 Å². The van der Waals surface area contributed by atoms with Gasteiger partial charge in [0.15, 0.2) is 12.4 Å². The molecule has 2 unspecified atom stereocenters. The predicted molar refractivity (Wildman–Crippen MR) is 279 cm³/mol. The molecule has 9 heteroatoms. The fourth-order valence-electron chi connectivity index (χ4n) is 8.52. The van der Waals surface area contributed by atoms with Gasteiger partial charge in [-0.15, -0.1) is 0 Å². The molecule has 67 heavy (non-hydrogen) atoms. The third-order valence-corrected chi connectivity index (χ3v) is 13.0. The molecule has 0 N–H and O–H groups in total. The van der Waals surface area contributed by atoms with Gasteiger partial charge < -0.3 is 33.3 Å². The van der Waals surface area contributed by atoms with Crippen molar-refractivity contribution < 1.29 is 42.9 Å². The van der Waals surface area contributed by atoms with E-state index in [9.17, 15) is 19.5 Å². The van der Waals surface area contributed by atoms with Crippen LogP contribution < -0.4 is 5.11 Å². The standard InChI is InChI=1S/C58H111NO8/c1-6-8-10-12-14-16-18-19-20-21-22-23-24-25-26-27-28-29-30-31-32-33-34-35-36-37-39-40-42-44-46-48-55(60)65-52-54(53-66-58(57(62)63)64-51-50-59(3,4)5)67-56(61)49-47-45-43-41-38-17-15-13-11-9-7-2/h13,15,54,58H,6-12,14,16-53H2,1-5H3/b15-13-. The minimum Gasteiger partial charge on any atom is -0.545 e. The Balaban J connectivity index is 3.98. The summed E-state index contributed by atoms with van der Waals surface area (Å²) in [5.74, 6) is -2.28. The average Bonchev–Trinajstić information content (AvgIpc) is 3.29. The van der Waals surface area contributed by atoms with E-state index in [4.69, 9.17) is 18.9 Å². The Kier molecular flexibility index (Phi) is 48.9. The van der Waals surface area contributed by atoms with Gasteiger partial charge >= 0.3 is 11.9 Å². The summed E-state index contributed by atoms with van der Waals surface area (Å²) in [6.45, 7) is 4.73. The highest BCUT2D eigenvalue weighted by Crippen LogP contribution is 2.18. The van der Waals surface area contributed by atoms with Crippen LogP contribution in [0.5, 0.6) is 0 Å². The summed E-state index contributed by atoms with van der Waals surface area (Å²) in [5, 5.41) is 11.7. The van der Waals surface area contributed by atoms with Crippen LogP contribution in [-0.4, -0.2) is 82.3 Å². The second-order valence-electron chi connectivity index (χ2n) is 20.9. The fraction of sp³-hybridized carbons (Fsp3) is 0.914. The number of hydrogen-bond donors (Lipinski definition) is 0. The van der Waals surface area contributed by atoms with E-state index in [0.717, 1.165) is 57.8 Å². The molecular formula is C58H111NO8. The molecule has 0 radical (unpaired) electrons. The lowest BCUT2D eigenvalue weighted by Gasteiger charge is -2.26. The maximum Gasteiger partial charge on any atom is 0.306 e.